The molecule has 0 bridgehead atoms. The van der Waals surface area contributed by atoms with E-state index < -0.39 is 0 Å². The van der Waals surface area contributed by atoms with Crippen LogP contribution in [0.4, 0.5) is 0 Å². The zero-order valence-corrected chi connectivity index (χ0v) is 30.6. The summed E-state index contributed by atoms with van der Waals surface area (Å²) < 4.78 is 12.0. The van der Waals surface area contributed by atoms with Gasteiger partial charge in [-0.15, -0.1) is 10.2 Å². The van der Waals surface area contributed by atoms with Crippen molar-refractivity contribution in [2.45, 2.75) is 142 Å². The van der Waals surface area contributed by atoms with Crippen molar-refractivity contribution in [2.75, 3.05) is 13.2 Å². The van der Waals surface area contributed by atoms with Crippen molar-refractivity contribution in [3.05, 3.63) is 54.6 Å². The molecule has 6 heteroatoms. The lowest BCUT2D eigenvalue weighted by molar-refractivity contribution is 0.302. The number of phenolic OH excluding ortho intramolecular Hbond substituents is 1. The van der Waals surface area contributed by atoms with Crippen molar-refractivity contribution in [3.63, 3.8) is 0 Å². The minimum absolute atomic E-state index is 0.169. The van der Waals surface area contributed by atoms with Gasteiger partial charge >= 0.3 is 0 Å². The van der Waals surface area contributed by atoms with Gasteiger partial charge in [0.1, 0.15) is 22.3 Å². The van der Waals surface area contributed by atoms with Crippen LogP contribution in [0.1, 0.15) is 142 Å². The second kappa shape index (κ2) is 22.5. The number of aromatic nitrogens is 2. The molecule has 0 atom stereocenters. The summed E-state index contributed by atoms with van der Waals surface area (Å²) >= 11 is 1.48. The first-order valence-electron chi connectivity index (χ1n) is 19.1. The van der Waals surface area contributed by atoms with E-state index in [1.165, 1.54) is 127 Å². The molecular formula is C42H60N2O3S. The van der Waals surface area contributed by atoms with Crippen molar-refractivity contribution >= 4 is 22.1 Å². The number of unbranched alkanes of at least 4 members (excludes halogenated alkanes) is 18. The predicted octanol–water partition coefficient (Wildman–Crippen LogP) is 13.3. The van der Waals surface area contributed by atoms with Crippen LogP contribution in [0.25, 0.3) is 31.9 Å². The molecule has 4 rings (SSSR count). The van der Waals surface area contributed by atoms with Crippen molar-refractivity contribution in [1.82, 2.24) is 10.2 Å². The summed E-state index contributed by atoms with van der Waals surface area (Å²) in [6.45, 7) is 5.99. The highest BCUT2D eigenvalue weighted by Gasteiger charge is 2.14. The summed E-state index contributed by atoms with van der Waals surface area (Å²) in [6.07, 6.45) is 26.3. The van der Waals surface area contributed by atoms with Gasteiger partial charge < -0.3 is 14.6 Å². The van der Waals surface area contributed by atoms with Crippen LogP contribution in [0.3, 0.4) is 0 Å². The highest BCUT2D eigenvalue weighted by molar-refractivity contribution is 7.18. The lowest BCUT2D eigenvalue weighted by Crippen LogP contribution is -1.97. The van der Waals surface area contributed by atoms with Gasteiger partial charge in [-0.1, -0.05) is 159 Å². The fourth-order valence-electron chi connectivity index (χ4n) is 6.24. The molecular weight excluding hydrogens is 613 g/mol. The van der Waals surface area contributed by atoms with Gasteiger partial charge in [-0.25, -0.2) is 0 Å². The normalized spacial score (nSPS) is 11.4. The predicted molar refractivity (Wildman–Crippen MR) is 205 cm³/mol. The Balaban J connectivity index is 1.17. The Bertz CT molecular complexity index is 1450. The van der Waals surface area contributed by atoms with E-state index in [1.807, 2.05) is 12.1 Å². The monoisotopic (exact) mass is 672 g/mol. The van der Waals surface area contributed by atoms with E-state index >= 15 is 0 Å². The molecule has 0 unspecified atom stereocenters. The third-order valence-corrected chi connectivity index (χ3v) is 10.2. The first kappa shape index (κ1) is 37.7. The Labute approximate surface area is 294 Å². The van der Waals surface area contributed by atoms with E-state index in [-0.39, 0.29) is 5.75 Å². The largest absolute Gasteiger partial charge is 0.507 e. The smallest absolute Gasteiger partial charge is 0.151 e. The number of ether oxygens (including phenoxy) is 2. The van der Waals surface area contributed by atoms with Crippen LogP contribution in [-0.4, -0.2) is 28.5 Å². The maximum absolute atomic E-state index is 10.8. The van der Waals surface area contributed by atoms with E-state index in [0.717, 1.165) is 46.5 Å². The molecule has 0 radical (unpaired) electrons. The second-order valence-electron chi connectivity index (χ2n) is 13.4. The summed E-state index contributed by atoms with van der Waals surface area (Å²) in [5.41, 5.74) is 1.69. The number of rotatable bonds is 26. The molecule has 3 aromatic carbocycles. The van der Waals surface area contributed by atoms with Gasteiger partial charge in [-0.3, -0.25) is 0 Å². The molecule has 262 valence electrons. The molecule has 0 saturated heterocycles. The molecule has 48 heavy (non-hydrogen) atoms. The van der Waals surface area contributed by atoms with Crippen LogP contribution >= 0.6 is 11.3 Å². The Hall–Kier alpha value is -3.12. The van der Waals surface area contributed by atoms with Gasteiger partial charge in [0.2, 0.25) is 0 Å². The van der Waals surface area contributed by atoms with Crippen molar-refractivity contribution in [2.24, 2.45) is 0 Å². The Morgan fingerprint density at radius 1 is 0.500 bits per heavy atom. The van der Waals surface area contributed by atoms with E-state index in [0.29, 0.717) is 22.9 Å². The van der Waals surface area contributed by atoms with E-state index in [4.69, 9.17) is 9.47 Å². The van der Waals surface area contributed by atoms with Gasteiger partial charge in [0.05, 0.1) is 18.8 Å². The third-order valence-electron chi connectivity index (χ3n) is 9.22. The summed E-state index contributed by atoms with van der Waals surface area (Å²) in [7, 11) is 0. The number of fused-ring (bicyclic) bond motifs is 1. The van der Waals surface area contributed by atoms with Crippen LogP contribution in [0.2, 0.25) is 0 Å². The average Bonchev–Trinajstić information content (AvgIpc) is 3.59. The van der Waals surface area contributed by atoms with Gasteiger partial charge in [-0.05, 0) is 53.9 Å². The Morgan fingerprint density at radius 2 is 0.958 bits per heavy atom. The number of hydrogen-bond acceptors (Lipinski definition) is 6. The maximum Gasteiger partial charge on any atom is 0.151 e. The first-order chi connectivity index (χ1) is 23.7. The summed E-state index contributed by atoms with van der Waals surface area (Å²) in [5.74, 6) is 1.79. The minimum atomic E-state index is 0.169. The zero-order chi connectivity index (χ0) is 33.7. The molecule has 0 spiro atoms. The molecule has 0 aliphatic heterocycles. The molecule has 0 aliphatic rings. The van der Waals surface area contributed by atoms with Gasteiger partial charge in [0.25, 0.3) is 0 Å². The molecule has 0 aliphatic carbocycles. The molecule has 4 aromatic rings. The Morgan fingerprint density at radius 3 is 1.52 bits per heavy atom. The highest BCUT2D eigenvalue weighted by Crippen LogP contribution is 2.37. The van der Waals surface area contributed by atoms with Crippen molar-refractivity contribution < 1.29 is 14.6 Å². The molecule has 1 aromatic heterocycles. The van der Waals surface area contributed by atoms with E-state index in [1.54, 1.807) is 6.07 Å². The third kappa shape index (κ3) is 13.4. The van der Waals surface area contributed by atoms with Crippen LogP contribution in [0.15, 0.2) is 54.6 Å². The number of phenols is 1. The lowest BCUT2D eigenvalue weighted by Gasteiger charge is -2.08. The van der Waals surface area contributed by atoms with Gasteiger partial charge in [-0.2, -0.15) is 0 Å². The number of nitrogens with zero attached hydrogens (tertiary/aromatic N) is 2. The van der Waals surface area contributed by atoms with Crippen molar-refractivity contribution in [3.8, 4) is 38.4 Å². The number of hydrogen-bond donors (Lipinski definition) is 1. The molecule has 1 heterocycles. The molecule has 0 saturated carbocycles. The highest BCUT2D eigenvalue weighted by atomic mass is 32.1. The SMILES string of the molecule is CCCCCCCCCCCCOc1ccc(-c2nnc(-c3ccc4cc(OCCCCCCCCCCCC)ccc4c3)s2)c(O)c1. The van der Waals surface area contributed by atoms with Crippen LogP contribution in [0.5, 0.6) is 17.2 Å². The summed E-state index contributed by atoms with van der Waals surface area (Å²) in [5, 5.41) is 23.4. The summed E-state index contributed by atoms with van der Waals surface area (Å²) in [4.78, 5) is 0. The topological polar surface area (TPSA) is 64.5 Å². The van der Waals surface area contributed by atoms with Crippen LogP contribution in [-0.2, 0) is 0 Å². The molecule has 1 N–H and O–H groups in total. The molecule has 5 nitrogen and oxygen atoms in total. The fourth-order valence-corrected chi connectivity index (χ4v) is 7.11. The second-order valence-corrected chi connectivity index (χ2v) is 14.4. The fraction of sp³-hybridized carbons (Fsp3) is 0.571. The van der Waals surface area contributed by atoms with Gasteiger partial charge in [0, 0.05) is 11.6 Å². The standard InChI is InChI=1S/C42H60N2O3S/c1-3-5-7-9-11-13-15-17-19-21-29-46-37-26-25-34-31-36(24-23-35(34)32-37)41-43-44-42(48-41)39-28-27-38(33-40(39)45)47-30-22-20-18-16-14-12-10-8-6-4-2/h23-28,31-33,45H,3-22,29-30H2,1-2H3. The van der Waals surface area contributed by atoms with E-state index in [2.05, 4.69) is 60.4 Å². The molecule has 0 amide bonds. The lowest BCUT2D eigenvalue weighted by atomic mass is 10.1. The van der Waals surface area contributed by atoms with Gasteiger partial charge in [0.15, 0.2) is 5.01 Å². The Kier molecular flexibility index (Phi) is 17.7. The van der Waals surface area contributed by atoms with Crippen LogP contribution in [0, 0.1) is 0 Å². The first-order valence-corrected chi connectivity index (χ1v) is 20.0. The quantitative estimate of drug-likeness (QED) is 0.0673. The number of benzene rings is 3. The zero-order valence-electron chi connectivity index (χ0n) is 29.8. The summed E-state index contributed by atoms with van der Waals surface area (Å²) in [6, 6.07) is 18.2. The maximum atomic E-state index is 10.8. The number of aromatic hydroxyl groups is 1. The minimum Gasteiger partial charge on any atom is -0.507 e. The molecule has 0 fully saturated rings. The van der Waals surface area contributed by atoms with Crippen LogP contribution < -0.4 is 9.47 Å². The van der Waals surface area contributed by atoms with E-state index in [9.17, 15) is 5.11 Å². The van der Waals surface area contributed by atoms with Crippen molar-refractivity contribution in [1.29, 1.82) is 0 Å². The average molecular weight is 673 g/mol.